The van der Waals surface area contributed by atoms with Crippen molar-refractivity contribution in [3.8, 4) is 0 Å². The van der Waals surface area contributed by atoms with E-state index in [0.717, 1.165) is 0 Å². The average Bonchev–Trinajstić information content (AvgIpc) is 2.72. The Morgan fingerprint density at radius 1 is 0.903 bits per heavy atom. The molecule has 0 amide bonds. The van der Waals surface area contributed by atoms with Crippen molar-refractivity contribution in [3.05, 3.63) is 86.1 Å². The number of aromatic nitrogens is 2. The third-order valence-corrected chi connectivity index (χ3v) is 4.35. The van der Waals surface area contributed by atoms with E-state index in [9.17, 15) is 39.9 Å². The second-order valence-corrected chi connectivity index (χ2v) is 6.42. The molecule has 13 heteroatoms. The predicted octanol–water partition coefficient (Wildman–Crippen LogP) is 5.40. The lowest BCUT2D eigenvalue weighted by atomic mass is 10.2. The molecular weight excluding hydrogens is 462 g/mol. The third-order valence-electron chi connectivity index (χ3n) is 4.01. The van der Waals surface area contributed by atoms with Crippen LogP contribution in [-0.4, -0.2) is 9.55 Å². The van der Waals surface area contributed by atoms with Gasteiger partial charge in [0.1, 0.15) is 10.7 Å². The van der Waals surface area contributed by atoms with Gasteiger partial charge in [0.25, 0.3) is 5.56 Å². The molecule has 0 aliphatic carbocycles. The van der Waals surface area contributed by atoms with Crippen LogP contribution in [0.2, 0.25) is 5.02 Å². The number of hydrogen-bond donors (Lipinski definition) is 1. The molecule has 3 aromatic rings. The summed E-state index contributed by atoms with van der Waals surface area (Å²) >= 11 is 5.50. The molecule has 1 heterocycles. The van der Waals surface area contributed by atoms with Crippen LogP contribution in [0.4, 0.5) is 46.8 Å². The summed E-state index contributed by atoms with van der Waals surface area (Å²) in [5, 5.41) is 0.274. The van der Waals surface area contributed by atoms with Gasteiger partial charge in [-0.05, 0) is 5.56 Å². The fraction of sp³-hybridized carbons (Fsp3) is 0.111. The fourth-order valence-corrected chi connectivity index (χ4v) is 2.81. The Morgan fingerprint density at radius 3 is 1.94 bits per heavy atom. The Kier molecular flexibility index (Phi) is 5.94. The summed E-state index contributed by atoms with van der Waals surface area (Å²) in [5.41, 5.74) is -4.72. The molecule has 1 N–H and O–H groups in total. The van der Waals surface area contributed by atoms with Crippen molar-refractivity contribution in [2.24, 2.45) is 0 Å². The Balaban J connectivity index is 2.26. The molecule has 0 radical (unpaired) electrons. The highest BCUT2D eigenvalue weighted by atomic mass is 35.5. The second kappa shape index (κ2) is 8.17. The summed E-state index contributed by atoms with van der Waals surface area (Å²) in [6, 6.07) is 7.56. The number of anilines is 2. The van der Waals surface area contributed by atoms with Gasteiger partial charge in [0.2, 0.25) is 11.8 Å². The van der Waals surface area contributed by atoms with E-state index >= 15 is 0 Å². The standard InChI is InChI=1S/C18H8ClF8N3O/c19-8-15(18(25,26)27)29-17(30(16(8)31)6-7-4-2-1-3-5-7)28-14-12(23)10(21)9(20)11(22)13(14)24/h1-5H,6H2,(H,28,29). The first-order valence-corrected chi connectivity index (χ1v) is 8.51. The van der Waals surface area contributed by atoms with Gasteiger partial charge in [0, 0.05) is 0 Å². The molecule has 31 heavy (non-hydrogen) atoms. The molecule has 4 nitrogen and oxygen atoms in total. The molecule has 1 aromatic heterocycles. The summed E-state index contributed by atoms with van der Waals surface area (Å²) < 4.78 is 108. The summed E-state index contributed by atoms with van der Waals surface area (Å²) in [6.07, 6.45) is -5.26. The van der Waals surface area contributed by atoms with E-state index in [1.807, 2.05) is 0 Å². The number of hydrogen-bond acceptors (Lipinski definition) is 3. The van der Waals surface area contributed by atoms with Crippen LogP contribution in [-0.2, 0) is 12.7 Å². The number of rotatable bonds is 4. The van der Waals surface area contributed by atoms with Gasteiger partial charge in [-0.25, -0.2) is 26.9 Å². The number of benzene rings is 2. The van der Waals surface area contributed by atoms with Crippen molar-refractivity contribution in [3.63, 3.8) is 0 Å². The van der Waals surface area contributed by atoms with Gasteiger partial charge >= 0.3 is 6.18 Å². The maximum atomic E-state index is 14.0. The fourth-order valence-electron chi connectivity index (χ4n) is 2.55. The van der Waals surface area contributed by atoms with E-state index in [2.05, 4.69) is 4.98 Å². The highest BCUT2D eigenvalue weighted by Gasteiger charge is 2.38. The van der Waals surface area contributed by atoms with E-state index in [0.29, 0.717) is 10.1 Å². The lowest BCUT2D eigenvalue weighted by Crippen LogP contribution is -2.29. The Morgan fingerprint density at radius 2 is 1.42 bits per heavy atom. The van der Waals surface area contributed by atoms with Crippen LogP contribution in [0.25, 0.3) is 0 Å². The first-order valence-electron chi connectivity index (χ1n) is 8.13. The molecule has 0 spiro atoms. The molecule has 0 saturated heterocycles. The molecule has 0 aliphatic heterocycles. The molecule has 2 aromatic carbocycles. The third kappa shape index (κ3) is 4.20. The lowest BCUT2D eigenvalue weighted by molar-refractivity contribution is -0.141. The monoisotopic (exact) mass is 469 g/mol. The second-order valence-electron chi connectivity index (χ2n) is 6.04. The normalized spacial score (nSPS) is 11.6. The SMILES string of the molecule is O=c1c(Cl)c(C(F)(F)F)nc(Nc2c(F)c(F)c(F)c(F)c2F)n1Cc1ccccc1. The minimum atomic E-state index is -5.26. The zero-order valence-corrected chi connectivity index (χ0v) is 15.6. The van der Waals surface area contributed by atoms with Crippen LogP contribution in [0, 0.1) is 29.1 Å². The van der Waals surface area contributed by atoms with Crippen molar-refractivity contribution in [2.45, 2.75) is 12.7 Å². The number of nitrogens with zero attached hydrogens (tertiary/aromatic N) is 2. The van der Waals surface area contributed by atoms with E-state index < -0.39 is 69.7 Å². The van der Waals surface area contributed by atoms with E-state index in [-0.39, 0.29) is 0 Å². The Hall–Kier alpha value is -3.15. The van der Waals surface area contributed by atoms with Crippen LogP contribution in [0.1, 0.15) is 11.3 Å². The van der Waals surface area contributed by atoms with Gasteiger partial charge in [-0.3, -0.25) is 9.36 Å². The minimum Gasteiger partial charge on any atom is -0.320 e. The first kappa shape index (κ1) is 22.5. The van der Waals surface area contributed by atoms with E-state index in [4.69, 9.17) is 11.6 Å². The van der Waals surface area contributed by atoms with Gasteiger partial charge in [-0.2, -0.15) is 13.2 Å². The maximum Gasteiger partial charge on any atom is 0.435 e. The highest BCUT2D eigenvalue weighted by molar-refractivity contribution is 6.31. The van der Waals surface area contributed by atoms with Gasteiger partial charge in [0.05, 0.1) is 6.54 Å². The van der Waals surface area contributed by atoms with Gasteiger partial charge < -0.3 is 5.32 Å². The van der Waals surface area contributed by atoms with Gasteiger partial charge in [-0.1, -0.05) is 41.9 Å². The zero-order valence-electron chi connectivity index (χ0n) is 14.8. The van der Waals surface area contributed by atoms with Crippen molar-refractivity contribution in [1.82, 2.24) is 9.55 Å². The first-order chi connectivity index (χ1) is 14.4. The van der Waals surface area contributed by atoms with Crippen LogP contribution in [0.5, 0.6) is 0 Å². The summed E-state index contributed by atoms with van der Waals surface area (Å²) in [4.78, 5) is 15.5. The molecule has 0 saturated carbocycles. The maximum absolute atomic E-state index is 14.0. The lowest BCUT2D eigenvalue weighted by Gasteiger charge is -2.18. The van der Waals surface area contributed by atoms with Crippen LogP contribution >= 0.6 is 11.6 Å². The molecular formula is C18H8ClF8N3O. The molecule has 0 aliphatic rings. The molecule has 0 unspecified atom stereocenters. The average molecular weight is 470 g/mol. The van der Waals surface area contributed by atoms with E-state index in [1.165, 1.54) is 24.3 Å². The summed E-state index contributed by atoms with van der Waals surface area (Å²) in [6.45, 7) is -0.484. The largest absolute Gasteiger partial charge is 0.435 e. The van der Waals surface area contributed by atoms with Crippen LogP contribution in [0.15, 0.2) is 35.1 Å². The Labute approximate surface area is 172 Å². The van der Waals surface area contributed by atoms with Crippen LogP contribution < -0.4 is 10.9 Å². The van der Waals surface area contributed by atoms with Crippen molar-refractivity contribution in [2.75, 3.05) is 5.32 Å². The minimum absolute atomic E-state index is 0.336. The number of nitrogens with one attached hydrogen (secondary N) is 1. The van der Waals surface area contributed by atoms with Crippen molar-refractivity contribution in [1.29, 1.82) is 0 Å². The number of alkyl halides is 3. The molecule has 164 valence electrons. The highest BCUT2D eigenvalue weighted by Crippen LogP contribution is 2.34. The number of halogens is 9. The van der Waals surface area contributed by atoms with E-state index in [1.54, 1.807) is 11.4 Å². The molecule has 0 bridgehead atoms. The van der Waals surface area contributed by atoms with Gasteiger partial charge in [-0.15, -0.1) is 0 Å². The molecule has 3 rings (SSSR count). The smallest absolute Gasteiger partial charge is 0.320 e. The zero-order chi connectivity index (χ0) is 23.1. The van der Waals surface area contributed by atoms with Crippen molar-refractivity contribution >= 4 is 23.2 Å². The quantitative estimate of drug-likeness (QED) is 0.316. The van der Waals surface area contributed by atoms with Gasteiger partial charge in [0.15, 0.2) is 29.0 Å². The van der Waals surface area contributed by atoms with Crippen molar-refractivity contribution < 1.29 is 35.1 Å². The summed E-state index contributed by atoms with van der Waals surface area (Å²) in [7, 11) is 0. The van der Waals surface area contributed by atoms with Crippen LogP contribution in [0.3, 0.4) is 0 Å². The predicted molar refractivity (Wildman–Crippen MR) is 93.6 cm³/mol. The summed E-state index contributed by atoms with van der Waals surface area (Å²) in [5.74, 6) is -13.0. The molecule has 0 atom stereocenters. The topological polar surface area (TPSA) is 46.9 Å². The Bertz CT molecular complexity index is 1180. The molecule has 0 fully saturated rings.